The van der Waals surface area contributed by atoms with Crippen LogP contribution in [-0.4, -0.2) is 51.4 Å². The molecule has 0 rings (SSSR count). The maximum Gasteiger partial charge on any atom is 0.0321 e. The van der Waals surface area contributed by atoms with E-state index in [1.54, 1.807) is 0 Å². The van der Waals surface area contributed by atoms with E-state index >= 15 is 0 Å². The molecule has 0 aliphatic heterocycles. The van der Waals surface area contributed by atoms with E-state index in [2.05, 4.69) is 29.8 Å². The van der Waals surface area contributed by atoms with Crippen LogP contribution in [-0.2, 0) is 0 Å². The molecule has 0 aromatic carbocycles. The fourth-order valence-electron chi connectivity index (χ4n) is 5.00. The first-order valence-electron chi connectivity index (χ1n) is 16.4. The number of rotatable bonds is 31. The molecule has 0 aromatic rings. The zero-order valence-electron chi connectivity index (χ0n) is 24.9. The van der Waals surface area contributed by atoms with E-state index in [1.165, 1.54) is 128 Å². The van der Waals surface area contributed by atoms with Crippen LogP contribution >= 0.6 is 0 Å². The normalized spacial score (nSPS) is 13.3. The molecule has 0 bridgehead atoms. The molecule has 2 unspecified atom stereocenters. The molecular formula is C31H69N5. The summed E-state index contributed by atoms with van der Waals surface area (Å²) in [6.07, 6.45) is 28.7. The highest BCUT2D eigenvalue weighted by Gasteiger charge is 2.15. The van der Waals surface area contributed by atoms with Gasteiger partial charge in [-0.05, 0) is 38.9 Å². The average Bonchev–Trinajstić information content (AvgIpc) is 2.88. The van der Waals surface area contributed by atoms with Gasteiger partial charge < -0.3 is 27.4 Å². The van der Waals surface area contributed by atoms with Gasteiger partial charge in [-0.1, -0.05) is 129 Å². The third-order valence-corrected chi connectivity index (χ3v) is 7.50. The number of hydrogen-bond donors (Lipinski definition) is 5. The van der Waals surface area contributed by atoms with E-state index in [0.717, 1.165) is 39.1 Å². The van der Waals surface area contributed by atoms with Crippen molar-refractivity contribution in [1.82, 2.24) is 16.0 Å². The molecule has 0 aliphatic carbocycles. The van der Waals surface area contributed by atoms with E-state index in [-0.39, 0.29) is 6.04 Å². The summed E-state index contributed by atoms with van der Waals surface area (Å²) in [5, 5.41) is 10.8. The summed E-state index contributed by atoms with van der Waals surface area (Å²) in [7, 11) is 0. The standard InChI is InChI=1S/C31H69N5/c1-3-5-7-9-11-13-15-17-19-21-25-34-27-28-35-29-30(33)31(23-24-32)36-26-22-20-18-16-14-12-10-8-6-4-2/h30-31,34-36H,3-29,32-33H2,1-2H3. The van der Waals surface area contributed by atoms with Crippen molar-refractivity contribution in [3.8, 4) is 0 Å². The van der Waals surface area contributed by atoms with Gasteiger partial charge >= 0.3 is 0 Å². The lowest BCUT2D eigenvalue weighted by molar-refractivity contribution is 0.388. The van der Waals surface area contributed by atoms with Crippen molar-refractivity contribution in [1.29, 1.82) is 0 Å². The Hall–Kier alpha value is -0.200. The molecule has 5 nitrogen and oxygen atoms in total. The smallest absolute Gasteiger partial charge is 0.0321 e. The van der Waals surface area contributed by atoms with Gasteiger partial charge in [0.15, 0.2) is 0 Å². The second kappa shape index (κ2) is 31.0. The first kappa shape index (κ1) is 35.8. The number of nitrogens with one attached hydrogen (secondary N) is 3. The molecular weight excluding hydrogens is 442 g/mol. The highest BCUT2D eigenvalue weighted by molar-refractivity contribution is 4.81. The molecule has 0 amide bonds. The van der Waals surface area contributed by atoms with E-state index in [9.17, 15) is 0 Å². The molecule has 0 heterocycles. The fraction of sp³-hybridized carbons (Fsp3) is 1.00. The van der Waals surface area contributed by atoms with Gasteiger partial charge in [-0.3, -0.25) is 0 Å². The Balaban J connectivity index is 3.51. The lowest BCUT2D eigenvalue weighted by Gasteiger charge is -2.25. The third-order valence-electron chi connectivity index (χ3n) is 7.50. The quantitative estimate of drug-likeness (QED) is 0.0673. The Kier molecular flexibility index (Phi) is 30.8. The molecule has 2 atom stereocenters. The Labute approximate surface area is 227 Å². The summed E-state index contributed by atoms with van der Waals surface area (Å²) in [5.74, 6) is 0. The molecule has 36 heavy (non-hydrogen) atoms. The monoisotopic (exact) mass is 512 g/mol. The second-order valence-electron chi connectivity index (χ2n) is 11.1. The van der Waals surface area contributed by atoms with E-state index in [0.29, 0.717) is 12.6 Å². The van der Waals surface area contributed by atoms with Crippen molar-refractivity contribution in [2.24, 2.45) is 11.5 Å². The van der Waals surface area contributed by atoms with E-state index in [4.69, 9.17) is 11.5 Å². The molecule has 7 N–H and O–H groups in total. The van der Waals surface area contributed by atoms with E-state index in [1.807, 2.05) is 0 Å². The number of unbranched alkanes of at least 4 members (excludes halogenated alkanes) is 18. The van der Waals surface area contributed by atoms with Crippen molar-refractivity contribution in [2.45, 2.75) is 161 Å². The van der Waals surface area contributed by atoms with Gasteiger partial charge in [0.25, 0.3) is 0 Å². The van der Waals surface area contributed by atoms with Crippen LogP contribution in [0.1, 0.15) is 149 Å². The van der Waals surface area contributed by atoms with Crippen molar-refractivity contribution >= 4 is 0 Å². The minimum atomic E-state index is 0.124. The van der Waals surface area contributed by atoms with Crippen LogP contribution in [0.2, 0.25) is 0 Å². The van der Waals surface area contributed by atoms with Crippen LogP contribution in [0.25, 0.3) is 0 Å². The van der Waals surface area contributed by atoms with Gasteiger partial charge in [0, 0.05) is 31.7 Å². The third kappa shape index (κ3) is 26.9. The predicted octanol–water partition coefficient (Wildman–Crippen LogP) is 6.64. The fourth-order valence-corrected chi connectivity index (χ4v) is 5.00. The average molecular weight is 512 g/mol. The van der Waals surface area contributed by atoms with Crippen LogP contribution < -0.4 is 27.4 Å². The zero-order chi connectivity index (χ0) is 26.4. The molecule has 0 saturated carbocycles. The highest BCUT2D eigenvalue weighted by atomic mass is 15.0. The number of hydrogen-bond acceptors (Lipinski definition) is 5. The second-order valence-corrected chi connectivity index (χ2v) is 11.1. The Bertz CT molecular complexity index is 393. The maximum absolute atomic E-state index is 6.49. The van der Waals surface area contributed by atoms with Gasteiger partial charge in [-0.15, -0.1) is 0 Å². The van der Waals surface area contributed by atoms with Crippen molar-refractivity contribution in [3.05, 3.63) is 0 Å². The van der Waals surface area contributed by atoms with Gasteiger partial charge in [-0.25, -0.2) is 0 Å². The zero-order valence-corrected chi connectivity index (χ0v) is 24.9. The molecule has 0 fully saturated rings. The largest absolute Gasteiger partial charge is 0.330 e. The van der Waals surface area contributed by atoms with Gasteiger partial charge in [0.05, 0.1) is 0 Å². The minimum absolute atomic E-state index is 0.124. The Morgan fingerprint density at radius 3 is 1.39 bits per heavy atom. The first-order valence-corrected chi connectivity index (χ1v) is 16.4. The number of nitrogens with two attached hydrogens (primary N) is 2. The van der Waals surface area contributed by atoms with Crippen LogP contribution in [0.15, 0.2) is 0 Å². The van der Waals surface area contributed by atoms with Gasteiger partial charge in [-0.2, -0.15) is 0 Å². The Morgan fingerprint density at radius 2 is 0.917 bits per heavy atom. The molecule has 0 aromatic heterocycles. The highest BCUT2D eigenvalue weighted by Crippen LogP contribution is 2.11. The minimum Gasteiger partial charge on any atom is -0.330 e. The van der Waals surface area contributed by atoms with Crippen molar-refractivity contribution in [2.75, 3.05) is 39.3 Å². The summed E-state index contributed by atoms with van der Waals surface area (Å²) in [6, 6.07) is 0.444. The van der Waals surface area contributed by atoms with Crippen LogP contribution in [0.4, 0.5) is 0 Å². The molecule has 0 saturated heterocycles. The maximum atomic E-state index is 6.49. The Morgan fingerprint density at radius 1 is 0.500 bits per heavy atom. The lowest BCUT2D eigenvalue weighted by Crippen LogP contribution is -2.51. The molecule has 218 valence electrons. The summed E-state index contributed by atoms with van der Waals surface area (Å²) >= 11 is 0. The molecule has 0 radical (unpaired) electrons. The van der Waals surface area contributed by atoms with Crippen molar-refractivity contribution < 1.29 is 0 Å². The molecule has 5 heteroatoms. The summed E-state index contributed by atoms with van der Waals surface area (Å²) < 4.78 is 0. The summed E-state index contributed by atoms with van der Waals surface area (Å²) in [5.41, 5.74) is 12.3. The predicted molar refractivity (Wildman–Crippen MR) is 163 cm³/mol. The van der Waals surface area contributed by atoms with Crippen LogP contribution in [0.3, 0.4) is 0 Å². The van der Waals surface area contributed by atoms with Gasteiger partial charge in [0.2, 0.25) is 0 Å². The van der Waals surface area contributed by atoms with E-state index < -0.39 is 0 Å². The van der Waals surface area contributed by atoms with Crippen molar-refractivity contribution in [3.63, 3.8) is 0 Å². The summed E-state index contributed by atoms with van der Waals surface area (Å²) in [6.45, 7) is 10.3. The topological polar surface area (TPSA) is 88.1 Å². The lowest BCUT2D eigenvalue weighted by atomic mass is 10.0. The van der Waals surface area contributed by atoms with Crippen LogP contribution in [0, 0.1) is 0 Å². The van der Waals surface area contributed by atoms with Crippen LogP contribution in [0.5, 0.6) is 0 Å². The van der Waals surface area contributed by atoms with Gasteiger partial charge in [0.1, 0.15) is 0 Å². The first-order chi connectivity index (χ1) is 17.8. The summed E-state index contributed by atoms with van der Waals surface area (Å²) in [4.78, 5) is 0. The molecule has 0 spiro atoms. The molecule has 0 aliphatic rings. The SMILES string of the molecule is CCCCCCCCCCCCNCCNCC(N)C(CCN)NCCCCCCCCCCCC.